The lowest BCUT2D eigenvalue weighted by molar-refractivity contribution is -0.134. The number of anilines is 2. The first kappa shape index (κ1) is 25.8. The van der Waals surface area contributed by atoms with Crippen LogP contribution < -0.4 is 19.5 Å². The van der Waals surface area contributed by atoms with Crippen molar-refractivity contribution >= 4 is 27.9 Å². The summed E-state index contributed by atoms with van der Waals surface area (Å²) < 4.78 is 49.0. The first-order valence-corrected chi connectivity index (χ1v) is 12.8. The van der Waals surface area contributed by atoms with E-state index in [0.29, 0.717) is 40.5 Å². The highest BCUT2D eigenvalue weighted by Crippen LogP contribution is 2.39. The van der Waals surface area contributed by atoms with Gasteiger partial charge in [-0.05, 0) is 55.9 Å². The lowest BCUT2D eigenvalue weighted by atomic mass is 10.0. The first-order valence-electron chi connectivity index (χ1n) is 12.8. The molecule has 0 aliphatic carbocycles. The molecule has 0 amide bonds. The molecule has 4 heterocycles. The van der Waals surface area contributed by atoms with Crippen molar-refractivity contribution in [1.82, 2.24) is 24.5 Å². The van der Waals surface area contributed by atoms with Crippen LogP contribution in [0.1, 0.15) is 12.0 Å². The summed E-state index contributed by atoms with van der Waals surface area (Å²) in [5.41, 5.74) is 3.10. The highest BCUT2D eigenvalue weighted by molar-refractivity contribution is 5.96. The average Bonchev–Trinajstić information content (AvgIpc) is 3.39. The fraction of sp³-hybridized carbons (Fsp3) is 0.276. The summed E-state index contributed by atoms with van der Waals surface area (Å²) >= 11 is 0. The van der Waals surface area contributed by atoms with Crippen LogP contribution in [0.15, 0.2) is 67.3 Å². The number of ether oxygens (including phenoxy) is 3. The molecule has 0 saturated carbocycles. The van der Waals surface area contributed by atoms with E-state index in [-0.39, 0.29) is 18.7 Å². The zero-order valence-electron chi connectivity index (χ0n) is 22.3. The molecular formula is C29H28F2N6O3. The van der Waals surface area contributed by atoms with Gasteiger partial charge in [0.15, 0.2) is 6.10 Å². The van der Waals surface area contributed by atoms with Crippen molar-refractivity contribution < 1.29 is 23.0 Å². The number of alkyl halides is 2. The Morgan fingerprint density at radius 1 is 1.02 bits per heavy atom. The van der Waals surface area contributed by atoms with Crippen LogP contribution in [0, 0.1) is 6.92 Å². The minimum absolute atomic E-state index is 0.187. The van der Waals surface area contributed by atoms with E-state index in [1.807, 2.05) is 49.5 Å². The van der Waals surface area contributed by atoms with Gasteiger partial charge in [-0.3, -0.25) is 0 Å². The molecule has 1 aliphatic rings. The van der Waals surface area contributed by atoms with Crippen molar-refractivity contribution in [2.24, 2.45) is 0 Å². The molecular weight excluding hydrogens is 518 g/mol. The number of hydrogen-bond acceptors (Lipinski definition) is 8. The number of halogens is 2. The summed E-state index contributed by atoms with van der Waals surface area (Å²) in [5.74, 6) is -0.561. The number of aromatic nitrogens is 4. The molecule has 3 aromatic heterocycles. The largest absolute Gasteiger partial charge is 0.497 e. The number of likely N-dealkylation sites (tertiary alicyclic amines) is 1. The standard InChI is InChI=1S/C29H28F2N6O3/c1-18-12-19(4-7-24(18)39-21-6-5-20-8-10-34-37(20)15-21)35-28-27-23(32-17-33-28)13-22(38-3)14-25(27)40-26-9-11-36(2)16-29(26,30)31/h4-8,10,12-15,17,26H,9,11,16H2,1-3H3,(H,32,33,35). The molecule has 5 aromatic rings. The predicted molar refractivity (Wildman–Crippen MR) is 147 cm³/mol. The van der Waals surface area contributed by atoms with Gasteiger partial charge in [0.25, 0.3) is 5.92 Å². The number of nitrogens with one attached hydrogen (secondary N) is 1. The normalized spacial score (nSPS) is 17.2. The molecule has 0 spiro atoms. The molecule has 9 nitrogen and oxygen atoms in total. The molecule has 2 aromatic carbocycles. The molecule has 206 valence electrons. The van der Waals surface area contributed by atoms with Crippen LogP contribution in [-0.4, -0.2) is 63.8 Å². The van der Waals surface area contributed by atoms with Crippen LogP contribution in [0.5, 0.6) is 23.0 Å². The van der Waals surface area contributed by atoms with E-state index < -0.39 is 12.0 Å². The van der Waals surface area contributed by atoms with Crippen molar-refractivity contribution in [2.75, 3.05) is 32.6 Å². The Hall–Kier alpha value is -4.51. The van der Waals surface area contributed by atoms with Crippen LogP contribution in [0.25, 0.3) is 16.4 Å². The maximum Gasteiger partial charge on any atom is 0.296 e. The number of pyridine rings is 1. The summed E-state index contributed by atoms with van der Waals surface area (Å²) in [6, 6.07) is 14.7. The molecule has 11 heteroatoms. The van der Waals surface area contributed by atoms with E-state index in [0.717, 1.165) is 16.8 Å². The van der Waals surface area contributed by atoms with Gasteiger partial charge in [-0.15, -0.1) is 0 Å². The van der Waals surface area contributed by atoms with Gasteiger partial charge in [0.2, 0.25) is 0 Å². The molecule has 6 rings (SSSR count). The number of rotatable bonds is 7. The van der Waals surface area contributed by atoms with Gasteiger partial charge in [-0.2, -0.15) is 5.10 Å². The van der Waals surface area contributed by atoms with E-state index >= 15 is 0 Å². The predicted octanol–water partition coefficient (Wildman–Crippen LogP) is 5.85. The second-order valence-corrected chi connectivity index (χ2v) is 9.91. The van der Waals surface area contributed by atoms with E-state index in [9.17, 15) is 8.78 Å². The second-order valence-electron chi connectivity index (χ2n) is 9.91. The minimum Gasteiger partial charge on any atom is -0.497 e. The Labute approximate surface area is 229 Å². The van der Waals surface area contributed by atoms with Crippen molar-refractivity contribution in [3.63, 3.8) is 0 Å². The third kappa shape index (κ3) is 5.07. The molecule has 0 radical (unpaired) electrons. The number of piperidine rings is 1. The number of aryl methyl sites for hydroxylation is 1. The Bertz CT molecular complexity index is 1690. The van der Waals surface area contributed by atoms with Gasteiger partial charge in [0.1, 0.15) is 35.1 Å². The summed E-state index contributed by atoms with van der Waals surface area (Å²) in [5, 5.41) is 8.04. The first-order chi connectivity index (χ1) is 19.3. The van der Waals surface area contributed by atoms with Gasteiger partial charge in [-0.1, -0.05) is 0 Å². The van der Waals surface area contributed by atoms with Crippen LogP contribution in [0.4, 0.5) is 20.3 Å². The van der Waals surface area contributed by atoms with E-state index in [2.05, 4.69) is 20.4 Å². The zero-order valence-corrected chi connectivity index (χ0v) is 22.3. The highest BCUT2D eigenvalue weighted by Gasteiger charge is 2.45. The van der Waals surface area contributed by atoms with Crippen molar-refractivity contribution in [3.05, 3.63) is 72.8 Å². The quantitative estimate of drug-likeness (QED) is 0.272. The molecule has 1 N–H and O–H groups in total. The summed E-state index contributed by atoms with van der Waals surface area (Å²) in [6.45, 7) is 2.07. The number of nitrogens with zero attached hydrogens (tertiary/aromatic N) is 5. The lowest BCUT2D eigenvalue weighted by Gasteiger charge is -2.36. The third-order valence-corrected chi connectivity index (χ3v) is 6.94. The van der Waals surface area contributed by atoms with Gasteiger partial charge >= 0.3 is 0 Å². The maximum absolute atomic E-state index is 14.9. The van der Waals surface area contributed by atoms with Crippen LogP contribution in [-0.2, 0) is 0 Å². The number of benzene rings is 2. The molecule has 1 aliphatic heterocycles. The van der Waals surface area contributed by atoms with Crippen molar-refractivity contribution in [2.45, 2.75) is 25.4 Å². The Morgan fingerprint density at radius 2 is 1.90 bits per heavy atom. The maximum atomic E-state index is 14.9. The van der Waals surface area contributed by atoms with Crippen LogP contribution >= 0.6 is 0 Å². The van der Waals surface area contributed by atoms with E-state index in [4.69, 9.17) is 14.2 Å². The molecule has 1 fully saturated rings. The average molecular weight is 547 g/mol. The highest BCUT2D eigenvalue weighted by atomic mass is 19.3. The van der Waals surface area contributed by atoms with Gasteiger partial charge < -0.3 is 24.4 Å². The van der Waals surface area contributed by atoms with E-state index in [1.54, 1.807) is 34.8 Å². The molecule has 1 unspecified atom stereocenters. The smallest absolute Gasteiger partial charge is 0.296 e. The molecule has 40 heavy (non-hydrogen) atoms. The molecule has 1 atom stereocenters. The van der Waals surface area contributed by atoms with Gasteiger partial charge in [0, 0.05) is 37.0 Å². The summed E-state index contributed by atoms with van der Waals surface area (Å²) in [6.07, 6.45) is 3.86. The monoisotopic (exact) mass is 546 g/mol. The Morgan fingerprint density at radius 3 is 2.70 bits per heavy atom. The molecule has 0 bridgehead atoms. The Kier molecular flexibility index (Phi) is 6.59. The molecule has 1 saturated heterocycles. The van der Waals surface area contributed by atoms with Gasteiger partial charge in [-0.25, -0.2) is 23.3 Å². The number of hydrogen-bond donors (Lipinski definition) is 1. The SMILES string of the molecule is COc1cc(OC2CCN(C)CC2(F)F)c2c(Nc3ccc(Oc4ccc5ccnn5c4)c(C)c3)ncnc2c1. The van der Waals surface area contributed by atoms with Gasteiger partial charge in [0.05, 0.1) is 36.3 Å². The lowest BCUT2D eigenvalue weighted by Crippen LogP contribution is -2.52. The fourth-order valence-corrected chi connectivity index (χ4v) is 4.88. The van der Waals surface area contributed by atoms with E-state index in [1.165, 1.54) is 13.4 Å². The third-order valence-electron chi connectivity index (χ3n) is 6.94. The minimum atomic E-state index is -3.01. The second kappa shape index (κ2) is 10.2. The van der Waals surface area contributed by atoms with Crippen molar-refractivity contribution in [3.8, 4) is 23.0 Å². The zero-order chi connectivity index (χ0) is 27.9. The Balaban J connectivity index is 1.30. The van der Waals surface area contributed by atoms with Crippen LogP contribution in [0.2, 0.25) is 0 Å². The van der Waals surface area contributed by atoms with Crippen LogP contribution in [0.3, 0.4) is 0 Å². The summed E-state index contributed by atoms with van der Waals surface area (Å²) in [7, 11) is 3.19. The van der Waals surface area contributed by atoms with Crippen molar-refractivity contribution in [1.29, 1.82) is 0 Å². The number of methoxy groups -OCH3 is 1. The fourth-order valence-electron chi connectivity index (χ4n) is 4.88. The topological polar surface area (TPSA) is 86.0 Å². The number of fused-ring (bicyclic) bond motifs is 2. The summed E-state index contributed by atoms with van der Waals surface area (Å²) in [4.78, 5) is 10.4.